The molecule has 0 bridgehead atoms. The van der Waals surface area contributed by atoms with E-state index in [0.29, 0.717) is 0 Å². The van der Waals surface area contributed by atoms with Crippen molar-refractivity contribution in [3.05, 3.63) is 36.5 Å². The Kier molecular flexibility index (Phi) is 7.71. The molecule has 1 heteroatoms. The summed E-state index contributed by atoms with van der Waals surface area (Å²) in [6.45, 7) is 9.33. The van der Waals surface area contributed by atoms with Crippen LogP contribution < -0.4 is 0 Å². The second kappa shape index (κ2) is 8.28. The van der Waals surface area contributed by atoms with Crippen LogP contribution in [0.3, 0.4) is 0 Å². The lowest BCUT2D eigenvalue weighted by molar-refractivity contribution is 0.157. The predicted molar refractivity (Wildman–Crippen MR) is 54.2 cm³/mol. The third-order valence-electron chi connectivity index (χ3n) is 1.31. The maximum Gasteiger partial charge on any atom is 0.0677 e. The van der Waals surface area contributed by atoms with Gasteiger partial charge >= 0.3 is 0 Å². The highest BCUT2D eigenvalue weighted by molar-refractivity contribution is 5.14. The third kappa shape index (κ3) is 7.29. The van der Waals surface area contributed by atoms with E-state index in [4.69, 9.17) is 4.74 Å². The summed E-state index contributed by atoms with van der Waals surface area (Å²) in [5.74, 6) is 0. The van der Waals surface area contributed by atoms with Gasteiger partial charge in [-0.15, -0.1) is 0 Å². The molecular weight excluding hydrogens is 148 g/mol. The SMILES string of the molecule is C=CC=CC=C(C)COCCC. The number of hydrogen-bond acceptors (Lipinski definition) is 1. The van der Waals surface area contributed by atoms with E-state index in [1.165, 1.54) is 5.57 Å². The Morgan fingerprint density at radius 1 is 1.42 bits per heavy atom. The summed E-state index contributed by atoms with van der Waals surface area (Å²) in [5, 5.41) is 0. The number of allylic oxidation sites excluding steroid dienone is 4. The van der Waals surface area contributed by atoms with E-state index in [2.05, 4.69) is 20.4 Å². The lowest BCUT2D eigenvalue weighted by Gasteiger charge is -2.00. The molecule has 0 amide bonds. The first kappa shape index (κ1) is 11.2. The van der Waals surface area contributed by atoms with Gasteiger partial charge in [-0.1, -0.05) is 37.8 Å². The van der Waals surface area contributed by atoms with E-state index in [1.54, 1.807) is 6.08 Å². The molecule has 0 aromatic carbocycles. The van der Waals surface area contributed by atoms with Crippen LogP contribution >= 0.6 is 0 Å². The smallest absolute Gasteiger partial charge is 0.0677 e. The van der Waals surface area contributed by atoms with Gasteiger partial charge in [0.25, 0.3) is 0 Å². The highest BCUT2D eigenvalue weighted by atomic mass is 16.5. The van der Waals surface area contributed by atoms with Crippen molar-refractivity contribution in [2.24, 2.45) is 0 Å². The quantitative estimate of drug-likeness (QED) is 0.435. The van der Waals surface area contributed by atoms with Crippen molar-refractivity contribution in [3.63, 3.8) is 0 Å². The molecule has 0 rings (SSSR count). The Morgan fingerprint density at radius 3 is 2.75 bits per heavy atom. The van der Waals surface area contributed by atoms with Crippen molar-refractivity contribution in [2.45, 2.75) is 20.3 Å². The Labute approximate surface area is 75.4 Å². The highest BCUT2D eigenvalue weighted by Crippen LogP contribution is 1.94. The van der Waals surface area contributed by atoms with Gasteiger partial charge in [0.2, 0.25) is 0 Å². The van der Waals surface area contributed by atoms with Gasteiger partial charge in [-0.25, -0.2) is 0 Å². The fourth-order valence-corrected chi connectivity index (χ4v) is 0.724. The van der Waals surface area contributed by atoms with Crippen molar-refractivity contribution < 1.29 is 4.74 Å². The zero-order valence-corrected chi connectivity index (χ0v) is 8.05. The zero-order valence-electron chi connectivity index (χ0n) is 8.05. The molecule has 0 unspecified atom stereocenters. The molecule has 68 valence electrons. The standard InChI is InChI=1S/C11H18O/c1-4-6-7-8-11(3)10-12-9-5-2/h4,6-8H,1,5,9-10H2,2-3H3. The van der Waals surface area contributed by atoms with Crippen molar-refractivity contribution in [2.75, 3.05) is 13.2 Å². The van der Waals surface area contributed by atoms with Gasteiger partial charge in [0.05, 0.1) is 6.61 Å². The van der Waals surface area contributed by atoms with Crippen LogP contribution in [0.25, 0.3) is 0 Å². The normalized spacial score (nSPS) is 12.3. The molecule has 1 nitrogen and oxygen atoms in total. The molecular formula is C11H18O. The van der Waals surface area contributed by atoms with Crippen LogP contribution in [0.5, 0.6) is 0 Å². The molecule has 12 heavy (non-hydrogen) atoms. The van der Waals surface area contributed by atoms with E-state index < -0.39 is 0 Å². The lowest BCUT2D eigenvalue weighted by atomic mass is 10.3. The second-order valence-corrected chi connectivity index (χ2v) is 2.69. The maximum atomic E-state index is 5.35. The monoisotopic (exact) mass is 166 g/mol. The summed E-state index contributed by atoms with van der Waals surface area (Å²) in [7, 11) is 0. The average molecular weight is 166 g/mol. The van der Waals surface area contributed by atoms with Gasteiger partial charge < -0.3 is 4.74 Å². The molecule has 0 atom stereocenters. The molecule has 0 heterocycles. The molecule has 0 aromatic heterocycles. The number of ether oxygens (including phenoxy) is 1. The first-order valence-corrected chi connectivity index (χ1v) is 4.33. The molecule has 0 saturated heterocycles. The minimum absolute atomic E-state index is 0.731. The highest BCUT2D eigenvalue weighted by Gasteiger charge is 1.86. The fourth-order valence-electron chi connectivity index (χ4n) is 0.724. The third-order valence-corrected chi connectivity index (χ3v) is 1.31. The van der Waals surface area contributed by atoms with Crippen LogP contribution in [0.2, 0.25) is 0 Å². The van der Waals surface area contributed by atoms with Gasteiger partial charge in [-0.3, -0.25) is 0 Å². The van der Waals surface area contributed by atoms with Crippen LogP contribution in [-0.4, -0.2) is 13.2 Å². The fraction of sp³-hybridized carbons (Fsp3) is 0.455. The Bertz CT molecular complexity index is 166. The Balaban J connectivity index is 3.55. The first-order valence-electron chi connectivity index (χ1n) is 4.33. The summed E-state index contributed by atoms with van der Waals surface area (Å²) in [4.78, 5) is 0. The zero-order chi connectivity index (χ0) is 9.23. The van der Waals surface area contributed by atoms with Crippen molar-refractivity contribution in [1.29, 1.82) is 0 Å². The van der Waals surface area contributed by atoms with E-state index >= 15 is 0 Å². The summed E-state index contributed by atoms with van der Waals surface area (Å²) in [5.41, 5.74) is 1.24. The second-order valence-electron chi connectivity index (χ2n) is 2.69. The molecule has 0 aromatic rings. The van der Waals surface area contributed by atoms with E-state index in [0.717, 1.165) is 19.6 Å². The first-order chi connectivity index (χ1) is 5.81. The van der Waals surface area contributed by atoms with Crippen LogP contribution in [0.4, 0.5) is 0 Å². The molecule has 0 fully saturated rings. The Morgan fingerprint density at radius 2 is 2.17 bits per heavy atom. The minimum Gasteiger partial charge on any atom is -0.377 e. The molecule has 0 N–H and O–H groups in total. The summed E-state index contributed by atoms with van der Waals surface area (Å²) < 4.78 is 5.35. The molecule has 0 saturated carbocycles. The van der Waals surface area contributed by atoms with Crippen LogP contribution in [0.15, 0.2) is 36.5 Å². The topological polar surface area (TPSA) is 9.23 Å². The number of hydrogen-bond donors (Lipinski definition) is 0. The molecule has 0 radical (unpaired) electrons. The van der Waals surface area contributed by atoms with Gasteiger partial charge in [0, 0.05) is 6.61 Å². The summed E-state index contributed by atoms with van der Waals surface area (Å²) in [6.07, 6.45) is 8.75. The van der Waals surface area contributed by atoms with Crippen molar-refractivity contribution >= 4 is 0 Å². The van der Waals surface area contributed by atoms with Gasteiger partial charge in [0.1, 0.15) is 0 Å². The molecule has 0 aliphatic carbocycles. The minimum atomic E-state index is 0.731. The van der Waals surface area contributed by atoms with Crippen LogP contribution in [-0.2, 0) is 4.74 Å². The van der Waals surface area contributed by atoms with Crippen LogP contribution in [0.1, 0.15) is 20.3 Å². The Hall–Kier alpha value is -0.820. The van der Waals surface area contributed by atoms with Gasteiger partial charge in [-0.2, -0.15) is 0 Å². The van der Waals surface area contributed by atoms with E-state index in [9.17, 15) is 0 Å². The van der Waals surface area contributed by atoms with E-state index in [-0.39, 0.29) is 0 Å². The van der Waals surface area contributed by atoms with Crippen molar-refractivity contribution in [1.82, 2.24) is 0 Å². The van der Waals surface area contributed by atoms with Crippen molar-refractivity contribution in [3.8, 4) is 0 Å². The molecule has 0 aliphatic heterocycles. The number of rotatable bonds is 6. The van der Waals surface area contributed by atoms with E-state index in [1.807, 2.05) is 18.2 Å². The average Bonchev–Trinajstić information content (AvgIpc) is 2.06. The molecule has 0 aliphatic rings. The summed E-state index contributed by atoms with van der Waals surface area (Å²) >= 11 is 0. The van der Waals surface area contributed by atoms with Gasteiger partial charge in [-0.05, 0) is 18.9 Å². The predicted octanol–water partition coefficient (Wildman–Crippen LogP) is 3.10. The lowest BCUT2D eigenvalue weighted by Crippen LogP contribution is -1.96. The van der Waals surface area contributed by atoms with Gasteiger partial charge in [0.15, 0.2) is 0 Å². The maximum absolute atomic E-state index is 5.35. The largest absolute Gasteiger partial charge is 0.377 e. The molecule has 0 spiro atoms. The summed E-state index contributed by atoms with van der Waals surface area (Å²) in [6, 6.07) is 0. The van der Waals surface area contributed by atoms with Crippen LogP contribution in [0, 0.1) is 0 Å².